The zero-order chi connectivity index (χ0) is 15.0. The summed E-state index contributed by atoms with van der Waals surface area (Å²) in [5.74, 6) is 0.655. The largest absolute Gasteiger partial charge is 0.479 e. The number of hydrogen-bond donors (Lipinski definition) is 0. The quantitative estimate of drug-likeness (QED) is 0.662. The van der Waals surface area contributed by atoms with E-state index in [1.165, 1.54) is 19.5 Å². The summed E-state index contributed by atoms with van der Waals surface area (Å²) in [4.78, 5) is 12.6. The van der Waals surface area contributed by atoms with Crippen LogP contribution in [0.3, 0.4) is 0 Å². The molecule has 0 atom stereocenters. The Labute approximate surface area is 132 Å². The molecule has 21 heavy (non-hydrogen) atoms. The minimum absolute atomic E-state index is 0.150. The first-order chi connectivity index (χ1) is 10.2. The molecule has 3 rings (SSSR count). The van der Waals surface area contributed by atoms with Crippen LogP contribution in [0.1, 0.15) is 5.82 Å². The number of benzene rings is 1. The van der Waals surface area contributed by atoms with Crippen LogP contribution in [0, 0.1) is 5.82 Å². The van der Waals surface area contributed by atoms with Gasteiger partial charge in [0.15, 0.2) is 11.2 Å². The number of ether oxygens (including phenoxy) is 1. The molecule has 2 heterocycles. The minimum atomic E-state index is -0.379. The maximum absolute atomic E-state index is 13.8. The molecule has 0 fully saturated rings. The molecule has 0 radical (unpaired) electrons. The maximum atomic E-state index is 13.8. The van der Waals surface area contributed by atoms with E-state index in [1.54, 1.807) is 16.7 Å². The summed E-state index contributed by atoms with van der Waals surface area (Å²) in [5, 5.41) is 0. The molecule has 0 aliphatic rings. The molecule has 0 aliphatic heterocycles. The first-order valence-electron chi connectivity index (χ1n) is 5.93. The molecule has 108 valence electrons. The third-order valence-electron chi connectivity index (χ3n) is 2.95. The van der Waals surface area contributed by atoms with Crippen LogP contribution in [0.2, 0.25) is 0 Å². The molecular weight excluding hydrogens is 363 g/mol. The van der Waals surface area contributed by atoms with Crippen LogP contribution < -0.4 is 4.74 Å². The molecule has 5 nitrogen and oxygen atoms in total. The summed E-state index contributed by atoms with van der Waals surface area (Å²) < 4.78 is 21.0. The molecule has 0 unspecified atom stereocenters. The molecule has 0 saturated heterocycles. The van der Waals surface area contributed by atoms with Gasteiger partial charge in [0.25, 0.3) is 0 Å². The van der Waals surface area contributed by atoms with Crippen LogP contribution in [0.15, 0.2) is 29.0 Å². The van der Waals surface area contributed by atoms with E-state index in [9.17, 15) is 4.39 Å². The van der Waals surface area contributed by atoms with Crippen LogP contribution in [0.25, 0.3) is 16.9 Å². The Hall–Kier alpha value is -1.73. The number of methoxy groups -OCH3 is 1. The Kier molecular flexibility index (Phi) is 3.77. The van der Waals surface area contributed by atoms with E-state index in [2.05, 4.69) is 30.9 Å². The third kappa shape index (κ3) is 2.36. The van der Waals surface area contributed by atoms with Crippen molar-refractivity contribution in [2.24, 2.45) is 0 Å². The monoisotopic (exact) mass is 370 g/mol. The van der Waals surface area contributed by atoms with Gasteiger partial charge in [-0.2, -0.15) is 4.98 Å². The first-order valence-corrected chi connectivity index (χ1v) is 7.26. The molecular formula is C13H9BrClFN4O. The lowest BCUT2D eigenvalue weighted by atomic mass is 10.3. The van der Waals surface area contributed by atoms with Gasteiger partial charge in [0.2, 0.25) is 5.88 Å². The predicted octanol–water partition coefficient (Wildman–Crippen LogP) is 3.46. The lowest BCUT2D eigenvalue weighted by Crippen LogP contribution is -2.01. The van der Waals surface area contributed by atoms with E-state index < -0.39 is 0 Å². The molecule has 3 aromatic rings. The third-order valence-corrected chi connectivity index (χ3v) is 3.84. The number of halogens is 3. The zero-order valence-corrected chi connectivity index (χ0v) is 13.2. The van der Waals surface area contributed by atoms with Crippen LogP contribution in [0.4, 0.5) is 4.39 Å². The van der Waals surface area contributed by atoms with Gasteiger partial charge in [-0.05, 0) is 34.1 Å². The van der Waals surface area contributed by atoms with Gasteiger partial charge in [-0.25, -0.2) is 14.4 Å². The number of fused-ring (bicyclic) bond motifs is 1. The Morgan fingerprint density at radius 2 is 2.19 bits per heavy atom. The van der Waals surface area contributed by atoms with Gasteiger partial charge in [-0.1, -0.05) is 0 Å². The van der Waals surface area contributed by atoms with Gasteiger partial charge in [-0.15, -0.1) is 11.6 Å². The summed E-state index contributed by atoms with van der Waals surface area (Å²) in [6.45, 7) is 0. The lowest BCUT2D eigenvalue weighted by molar-refractivity contribution is 0.401. The van der Waals surface area contributed by atoms with Gasteiger partial charge in [0.05, 0.1) is 23.1 Å². The van der Waals surface area contributed by atoms with Crippen molar-refractivity contribution in [3.05, 3.63) is 40.6 Å². The van der Waals surface area contributed by atoms with Crippen molar-refractivity contribution < 1.29 is 9.13 Å². The summed E-state index contributed by atoms with van der Waals surface area (Å²) in [5.41, 5.74) is 1.58. The molecule has 0 amide bonds. The van der Waals surface area contributed by atoms with Crippen molar-refractivity contribution in [3.8, 4) is 11.6 Å². The highest BCUT2D eigenvalue weighted by atomic mass is 79.9. The number of alkyl halides is 1. The minimum Gasteiger partial charge on any atom is -0.479 e. The number of nitrogens with zero attached hydrogens (tertiary/aromatic N) is 4. The molecule has 2 aromatic heterocycles. The van der Waals surface area contributed by atoms with Crippen LogP contribution in [-0.2, 0) is 5.88 Å². The second-order valence-electron chi connectivity index (χ2n) is 4.15. The second kappa shape index (κ2) is 5.57. The fourth-order valence-electron chi connectivity index (χ4n) is 2.05. The zero-order valence-electron chi connectivity index (χ0n) is 10.8. The van der Waals surface area contributed by atoms with Crippen molar-refractivity contribution in [3.63, 3.8) is 0 Å². The molecule has 0 aliphatic carbocycles. The molecule has 8 heteroatoms. The molecule has 0 N–H and O–H groups in total. The average molecular weight is 372 g/mol. The van der Waals surface area contributed by atoms with E-state index in [-0.39, 0.29) is 11.7 Å². The predicted molar refractivity (Wildman–Crippen MR) is 80.4 cm³/mol. The normalized spacial score (nSPS) is 11.0. The van der Waals surface area contributed by atoms with Crippen LogP contribution in [-0.4, -0.2) is 26.6 Å². The Balaban J connectivity index is 2.32. The Morgan fingerprint density at radius 1 is 1.38 bits per heavy atom. The summed E-state index contributed by atoms with van der Waals surface area (Å²) in [7, 11) is 1.50. The van der Waals surface area contributed by atoms with Gasteiger partial charge in [0, 0.05) is 0 Å². The topological polar surface area (TPSA) is 52.8 Å². The summed E-state index contributed by atoms with van der Waals surface area (Å²) in [6.07, 6.45) is 1.37. The Bertz CT molecular complexity index is 823. The number of imidazole rings is 1. The summed E-state index contributed by atoms with van der Waals surface area (Å²) >= 11 is 9.07. The molecule has 0 saturated carbocycles. The van der Waals surface area contributed by atoms with Gasteiger partial charge in [-0.3, -0.25) is 4.57 Å². The van der Waals surface area contributed by atoms with E-state index in [1.807, 2.05) is 0 Å². The van der Waals surface area contributed by atoms with Crippen molar-refractivity contribution in [2.75, 3.05) is 7.11 Å². The Morgan fingerprint density at radius 3 is 2.86 bits per heavy atom. The van der Waals surface area contributed by atoms with Gasteiger partial charge >= 0.3 is 0 Å². The van der Waals surface area contributed by atoms with Crippen molar-refractivity contribution in [2.45, 2.75) is 5.88 Å². The van der Waals surface area contributed by atoms with E-state index in [4.69, 9.17) is 16.3 Å². The molecule has 0 bridgehead atoms. The number of hydrogen-bond acceptors (Lipinski definition) is 4. The SMILES string of the molecule is COc1ncnc2c1nc(CCl)n2-c1ccc(Br)c(F)c1. The standard InChI is InChI=1S/C13H9BrClFN4O/c1-21-13-11-12(17-6-18-13)20(10(5-15)19-11)7-2-3-8(14)9(16)4-7/h2-4,6H,5H2,1H3. The van der Waals surface area contributed by atoms with Crippen molar-refractivity contribution in [1.82, 2.24) is 19.5 Å². The highest BCUT2D eigenvalue weighted by Crippen LogP contribution is 2.27. The maximum Gasteiger partial charge on any atom is 0.245 e. The van der Waals surface area contributed by atoms with E-state index in [0.29, 0.717) is 33.0 Å². The summed E-state index contributed by atoms with van der Waals surface area (Å²) in [6, 6.07) is 4.75. The highest BCUT2D eigenvalue weighted by Gasteiger charge is 2.17. The van der Waals surface area contributed by atoms with Crippen LogP contribution in [0.5, 0.6) is 5.88 Å². The lowest BCUT2D eigenvalue weighted by Gasteiger charge is -2.07. The van der Waals surface area contributed by atoms with Crippen molar-refractivity contribution >= 4 is 38.7 Å². The van der Waals surface area contributed by atoms with Gasteiger partial charge in [0.1, 0.15) is 18.0 Å². The average Bonchev–Trinajstić information content (AvgIpc) is 2.88. The van der Waals surface area contributed by atoms with Crippen molar-refractivity contribution in [1.29, 1.82) is 0 Å². The van der Waals surface area contributed by atoms with Crippen LogP contribution >= 0.6 is 27.5 Å². The number of rotatable bonds is 3. The smallest absolute Gasteiger partial charge is 0.245 e. The van der Waals surface area contributed by atoms with Gasteiger partial charge < -0.3 is 4.74 Å². The highest BCUT2D eigenvalue weighted by molar-refractivity contribution is 9.10. The van der Waals surface area contributed by atoms with E-state index >= 15 is 0 Å². The fourth-order valence-corrected chi connectivity index (χ4v) is 2.48. The fraction of sp³-hybridized carbons (Fsp3) is 0.154. The van der Waals surface area contributed by atoms with E-state index in [0.717, 1.165) is 0 Å². The number of aromatic nitrogens is 4. The molecule has 0 spiro atoms. The molecule has 1 aromatic carbocycles. The first kappa shape index (κ1) is 14.2. The second-order valence-corrected chi connectivity index (χ2v) is 5.27.